The fourth-order valence-electron chi connectivity index (χ4n) is 2.43. The Hall–Kier alpha value is -1.40. The van der Waals surface area contributed by atoms with Crippen molar-refractivity contribution >= 4 is 27.9 Å². The topological polar surface area (TPSA) is 61.4 Å². The minimum absolute atomic E-state index is 0.0858. The van der Waals surface area contributed by atoms with Crippen LogP contribution < -0.4 is 10.6 Å². The highest BCUT2D eigenvalue weighted by molar-refractivity contribution is 9.10. The maximum absolute atomic E-state index is 12.3. The molecule has 1 aromatic carbocycles. The fraction of sp³-hybridized carbons (Fsp3) is 0.467. The molecule has 6 heteroatoms. The van der Waals surface area contributed by atoms with Gasteiger partial charge in [0.25, 0.3) is 0 Å². The molecule has 1 aliphatic rings. The first-order valence-electron chi connectivity index (χ1n) is 7.13. The van der Waals surface area contributed by atoms with Crippen LogP contribution in [-0.4, -0.2) is 36.0 Å². The molecule has 2 atom stereocenters. The number of amides is 3. The van der Waals surface area contributed by atoms with E-state index in [1.807, 2.05) is 24.3 Å². The maximum Gasteiger partial charge on any atom is 0.324 e. The van der Waals surface area contributed by atoms with Crippen molar-refractivity contribution in [2.75, 3.05) is 13.1 Å². The molecule has 0 bridgehead atoms. The number of benzene rings is 1. The summed E-state index contributed by atoms with van der Waals surface area (Å²) < 4.78 is 1.03. The average molecular weight is 354 g/mol. The fourth-order valence-corrected chi connectivity index (χ4v) is 2.70. The number of urea groups is 1. The number of carbonyl (C=O) groups excluding carboxylic acids is 2. The second kappa shape index (κ2) is 7.04. The summed E-state index contributed by atoms with van der Waals surface area (Å²) in [5.74, 6) is -0.180. The molecule has 1 fully saturated rings. The molecule has 0 unspecified atom stereocenters. The van der Waals surface area contributed by atoms with E-state index in [0.717, 1.165) is 16.5 Å². The molecule has 1 saturated heterocycles. The number of carbonyl (C=O) groups is 2. The molecule has 5 nitrogen and oxygen atoms in total. The molecule has 1 aromatic rings. The Morgan fingerprint density at radius 2 is 2.10 bits per heavy atom. The van der Waals surface area contributed by atoms with Gasteiger partial charge in [-0.3, -0.25) is 15.0 Å². The summed E-state index contributed by atoms with van der Waals surface area (Å²) in [5, 5.41) is 5.96. The van der Waals surface area contributed by atoms with E-state index in [0.29, 0.717) is 13.1 Å². The van der Waals surface area contributed by atoms with Gasteiger partial charge in [-0.2, -0.15) is 0 Å². The molecule has 1 aliphatic heterocycles. The lowest BCUT2D eigenvalue weighted by atomic mass is 10.0. The molecule has 0 radical (unpaired) electrons. The molecule has 21 heavy (non-hydrogen) atoms. The monoisotopic (exact) mass is 353 g/mol. The molecule has 3 amide bonds. The third-order valence-corrected chi connectivity index (χ3v) is 4.15. The van der Waals surface area contributed by atoms with Crippen LogP contribution in [0.25, 0.3) is 0 Å². The zero-order chi connectivity index (χ0) is 15.4. The van der Waals surface area contributed by atoms with Gasteiger partial charge in [-0.25, -0.2) is 4.79 Å². The first-order chi connectivity index (χ1) is 10.0. The summed E-state index contributed by atoms with van der Waals surface area (Å²) in [4.78, 5) is 25.1. The Morgan fingerprint density at radius 1 is 1.43 bits per heavy atom. The lowest BCUT2D eigenvalue weighted by Crippen LogP contribution is -2.47. The van der Waals surface area contributed by atoms with Crippen LogP contribution in [0.3, 0.4) is 0 Å². The van der Waals surface area contributed by atoms with Crippen molar-refractivity contribution in [1.29, 1.82) is 0 Å². The quantitative estimate of drug-likeness (QED) is 0.854. The van der Waals surface area contributed by atoms with Gasteiger partial charge in [0.15, 0.2) is 0 Å². The van der Waals surface area contributed by atoms with Gasteiger partial charge in [0.1, 0.15) is 0 Å². The Morgan fingerprint density at radius 3 is 2.62 bits per heavy atom. The van der Waals surface area contributed by atoms with E-state index in [4.69, 9.17) is 0 Å². The highest BCUT2D eigenvalue weighted by Crippen LogP contribution is 2.20. The van der Waals surface area contributed by atoms with Crippen molar-refractivity contribution in [2.24, 2.45) is 0 Å². The first kappa shape index (κ1) is 16.0. The summed E-state index contributed by atoms with van der Waals surface area (Å²) >= 11 is 3.42. The van der Waals surface area contributed by atoms with Gasteiger partial charge < -0.3 is 5.32 Å². The Kier molecular flexibility index (Phi) is 5.36. The van der Waals surface area contributed by atoms with Crippen molar-refractivity contribution in [1.82, 2.24) is 15.5 Å². The Labute approximate surface area is 133 Å². The molecule has 2 rings (SSSR count). The number of halogens is 1. The molecule has 0 saturated carbocycles. The Bertz CT molecular complexity index is 518. The summed E-state index contributed by atoms with van der Waals surface area (Å²) in [6.07, 6.45) is 0.867. The van der Waals surface area contributed by atoms with Crippen LogP contribution >= 0.6 is 15.9 Å². The second-order valence-electron chi connectivity index (χ2n) is 5.12. The highest BCUT2D eigenvalue weighted by Gasteiger charge is 2.30. The molecule has 2 N–H and O–H groups in total. The summed E-state index contributed by atoms with van der Waals surface area (Å²) in [7, 11) is 0. The number of nitrogens with zero attached hydrogens (tertiary/aromatic N) is 1. The standard InChI is InChI=1S/C15H20BrN3O2/c1-3-13(11-4-6-12(16)7-5-11)18-10(2)14(20)19-9-8-17-15(19)21/h4-7,10,13,18H,3,8-9H2,1-2H3,(H,17,21)/t10-,13+/m1/s1. The van der Waals surface area contributed by atoms with E-state index in [2.05, 4.69) is 33.5 Å². The van der Waals surface area contributed by atoms with Crippen LogP contribution in [-0.2, 0) is 4.79 Å². The zero-order valence-corrected chi connectivity index (χ0v) is 13.8. The van der Waals surface area contributed by atoms with Crippen molar-refractivity contribution in [3.05, 3.63) is 34.3 Å². The van der Waals surface area contributed by atoms with Crippen LogP contribution in [0, 0.1) is 0 Å². The molecular formula is C15H20BrN3O2. The minimum atomic E-state index is -0.401. The highest BCUT2D eigenvalue weighted by atomic mass is 79.9. The zero-order valence-electron chi connectivity index (χ0n) is 12.2. The maximum atomic E-state index is 12.3. The molecule has 0 spiro atoms. The van der Waals surface area contributed by atoms with Crippen LogP contribution in [0.15, 0.2) is 28.7 Å². The van der Waals surface area contributed by atoms with Crippen LogP contribution in [0.4, 0.5) is 4.79 Å². The van der Waals surface area contributed by atoms with Crippen LogP contribution in [0.2, 0.25) is 0 Å². The van der Waals surface area contributed by atoms with Crippen molar-refractivity contribution in [3.63, 3.8) is 0 Å². The largest absolute Gasteiger partial charge is 0.336 e. The average Bonchev–Trinajstić information content (AvgIpc) is 2.91. The van der Waals surface area contributed by atoms with E-state index in [9.17, 15) is 9.59 Å². The van der Waals surface area contributed by atoms with Gasteiger partial charge in [-0.05, 0) is 31.0 Å². The summed E-state index contributed by atoms with van der Waals surface area (Å²) in [6.45, 7) is 4.84. The predicted molar refractivity (Wildman–Crippen MR) is 84.9 cm³/mol. The number of imide groups is 1. The number of hydrogen-bond acceptors (Lipinski definition) is 3. The Balaban J connectivity index is 2.02. The molecule has 1 heterocycles. The van der Waals surface area contributed by atoms with E-state index >= 15 is 0 Å². The lowest BCUT2D eigenvalue weighted by Gasteiger charge is -2.24. The van der Waals surface area contributed by atoms with Crippen molar-refractivity contribution in [2.45, 2.75) is 32.4 Å². The van der Waals surface area contributed by atoms with Crippen LogP contribution in [0.5, 0.6) is 0 Å². The van der Waals surface area contributed by atoms with E-state index in [-0.39, 0.29) is 18.0 Å². The predicted octanol–water partition coefficient (Wildman–Crippen LogP) is 2.43. The number of hydrogen-bond donors (Lipinski definition) is 2. The third kappa shape index (κ3) is 3.83. The smallest absolute Gasteiger partial charge is 0.324 e. The second-order valence-corrected chi connectivity index (χ2v) is 6.04. The number of rotatable bonds is 5. The summed E-state index contributed by atoms with van der Waals surface area (Å²) in [5.41, 5.74) is 1.13. The SMILES string of the molecule is CC[C@H](N[C@H](C)C(=O)N1CCNC1=O)c1ccc(Br)cc1. The van der Waals surface area contributed by atoms with Crippen molar-refractivity contribution in [3.8, 4) is 0 Å². The molecule has 0 aliphatic carbocycles. The van der Waals surface area contributed by atoms with Gasteiger partial charge in [0.2, 0.25) is 5.91 Å². The van der Waals surface area contributed by atoms with Gasteiger partial charge in [0, 0.05) is 23.6 Å². The first-order valence-corrected chi connectivity index (χ1v) is 7.93. The number of nitrogens with one attached hydrogen (secondary N) is 2. The molecule has 0 aromatic heterocycles. The minimum Gasteiger partial charge on any atom is -0.336 e. The van der Waals surface area contributed by atoms with Crippen molar-refractivity contribution < 1.29 is 9.59 Å². The van der Waals surface area contributed by atoms with Gasteiger partial charge >= 0.3 is 6.03 Å². The summed E-state index contributed by atoms with van der Waals surface area (Å²) in [6, 6.07) is 7.42. The molecular weight excluding hydrogens is 334 g/mol. The van der Waals surface area contributed by atoms with E-state index < -0.39 is 6.04 Å². The van der Waals surface area contributed by atoms with Gasteiger partial charge in [-0.1, -0.05) is 35.0 Å². The lowest BCUT2D eigenvalue weighted by molar-refractivity contribution is -0.129. The molecule has 114 valence electrons. The van der Waals surface area contributed by atoms with Gasteiger partial charge in [-0.15, -0.1) is 0 Å². The van der Waals surface area contributed by atoms with E-state index in [1.165, 1.54) is 4.90 Å². The van der Waals surface area contributed by atoms with Crippen LogP contribution in [0.1, 0.15) is 31.9 Å². The normalized spacial score (nSPS) is 17.5. The third-order valence-electron chi connectivity index (χ3n) is 3.63. The van der Waals surface area contributed by atoms with E-state index in [1.54, 1.807) is 6.92 Å². The van der Waals surface area contributed by atoms with Gasteiger partial charge in [0.05, 0.1) is 6.04 Å².